The number of urea groups is 1. The standard InChI is InChI=1S/C14H26N2O3/c1-10-6-8-12(9-7-10)16-14(19)15-11(2)4-3-5-13(17)18/h10-12H,3-9H2,1-2H3,(H,17,18)(H2,15,16,19). The Hall–Kier alpha value is -1.26. The Labute approximate surface area is 115 Å². The summed E-state index contributed by atoms with van der Waals surface area (Å²) in [6.45, 7) is 4.16. The summed E-state index contributed by atoms with van der Waals surface area (Å²) in [5.74, 6) is -0.0102. The number of carboxylic acids is 1. The Balaban J connectivity index is 2.14. The molecule has 0 heterocycles. The van der Waals surface area contributed by atoms with Crippen molar-refractivity contribution in [2.24, 2.45) is 5.92 Å². The van der Waals surface area contributed by atoms with Crippen LogP contribution in [0.15, 0.2) is 0 Å². The summed E-state index contributed by atoms with van der Waals surface area (Å²) >= 11 is 0. The number of carbonyl (C=O) groups excluding carboxylic acids is 1. The predicted molar refractivity (Wildman–Crippen MR) is 74.0 cm³/mol. The molecule has 1 rings (SSSR count). The van der Waals surface area contributed by atoms with Gasteiger partial charge >= 0.3 is 12.0 Å². The first-order chi connectivity index (χ1) is 8.97. The van der Waals surface area contributed by atoms with Crippen LogP contribution < -0.4 is 10.6 Å². The molecule has 0 aromatic carbocycles. The van der Waals surface area contributed by atoms with E-state index in [0.29, 0.717) is 18.9 Å². The van der Waals surface area contributed by atoms with Gasteiger partial charge < -0.3 is 15.7 Å². The minimum absolute atomic E-state index is 0.0156. The summed E-state index contributed by atoms with van der Waals surface area (Å²) in [6.07, 6.45) is 5.93. The lowest BCUT2D eigenvalue weighted by atomic mass is 9.87. The molecule has 19 heavy (non-hydrogen) atoms. The highest BCUT2D eigenvalue weighted by Gasteiger charge is 2.20. The minimum atomic E-state index is -0.784. The van der Waals surface area contributed by atoms with Crippen LogP contribution in [0.5, 0.6) is 0 Å². The monoisotopic (exact) mass is 270 g/mol. The molecular formula is C14H26N2O3. The van der Waals surface area contributed by atoms with Gasteiger partial charge in [0.1, 0.15) is 0 Å². The zero-order valence-corrected chi connectivity index (χ0v) is 11.9. The molecule has 1 aliphatic carbocycles. The van der Waals surface area contributed by atoms with Crippen molar-refractivity contribution in [3.8, 4) is 0 Å². The van der Waals surface area contributed by atoms with Gasteiger partial charge in [0, 0.05) is 18.5 Å². The van der Waals surface area contributed by atoms with Gasteiger partial charge in [-0.1, -0.05) is 6.92 Å². The van der Waals surface area contributed by atoms with Crippen LogP contribution in [0.3, 0.4) is 0 Å². The highest BCUT2D eigenvalue weighted by molar-refractivity contribution is 5.74. The van der Waals surface area contributed by atoms with E-state index in [-0.39, 0.29) is 18.5 Å². The Morgan fingerprint density at radius 3 is 2.47 bits per heavy atom. The fourth-order valence-corrected chi connectivity index (χ4v) is 2.49. The molecule has 3 N–H and O–H groups in total. The summed E-state index contributed by atoms with van der Waals surface area (Å²) in [5, 5.41) is 14.4. The number of hydrogen-bond acceptors (Lipinski definition) is 2. The number of nitrogens with one attached hydrogen (secondary N) is 2. The molecule has 0 bridgehead atoms. The van der Waals surface area contributed by atoms with Gasteiger partial charge in [-0.2, -0.15) is 0 Å². The molecule has 0 aromatic rings. The highest BCUT2D eigenvalue weighted by atomic mass is 16.4. The third kappa shape index (κ3) is 7.03. The van der Waals surface area contributed by atoms with Crippen molar-refractivity contribution in [2.45, 2.75) is 70.9 Å². The quantitative estimate of drug-likeness (QED) is 0.694. The third-order valence-electron chi connectivity index (χ3n) is 3.76. The van der Waals surface area contributed by atoms with Gasteiger partial charge in [0.15, 0.2) is 0 Å². The zero-order valence-electron chi connectivity index (χ0n) is 11.9. The van der Waals surface area contributed by atoms with Crippen LogP contribution in [0.1, 0.15) is 58.8 Å². The summed E-state index contributed by atoms with van der Waals surface area (Å²) in [5.41, 5.74) is 0. The van der Waals surface area contributed by atoms with Crippen LogP contribution >= 0.6 is 0 Å². The molecule has 2 amide bonds. The largest absolute Gasteiger partial charge is 0.481 e. The van der Waals surface area contributed by atoms with Gasteiger partial charge in [-0.3, -0.25) is 4.79 Å². The SMILES string of the molecule is CC1CCC(NC(=O)NC(C)CCCC(=O)O)CC1. The Kier molecular flexibility index (Phi) is 6.67. The second-order valence-corrected chi connectivity index (χ2v) is 5.76. The number of amides is 2. The fraction of sp³-hybridized carbons (Fsp3) is 0.857. The molecule has 0 saturated heterocycles. The molecule has 0 spiro atoms. The molecule has 0 radical (unpaired) electrons. The Morgan fingerprint density at radius 1 is 1.26 bits per heavy atom. The van der Waals surface area contributed by atoms with E-state index in [0.717, 1.165) is 18.8 Å². The predicted octanol–water partition coefficient (Wildman–Crippen LogP) is 2.51. The molecule has 110 valence electrons. The summed E-state index contributed by atoms with van der Waals surface area (Å²) in [6, 6.07) is 0.187. The first-order valence-corrected chi connectivity index (χ1v) is 7.26. The maximum Gasteiger partial charge on any atom is 0.315 e. The van der Waals surface area contributed by atoms with Crippen molar-refractivity contribution in [1.82, 2.24) is 10.6 Å². The first kappa shape index (κ1) is 15.8. The van der Waals surface area contributed by atoms with E-state index < -0.39 is 5.97 Å². The molecule has 0 aromatic heterocycles. The van der Waals surface area contributed by atoms with Crippen molar-refractivity contribution in [3.63, 3.8) is 0 Å². The van der Waals surface area contributed by atoms with Crippen LogP contribution in [-0.4, -0.2) is 29.2 Å². The highest BCUT2D eigenvalue weighted by Crippen LogP contribution is 2.23. The smallest absolute Gasteiger partial charge is 0.315 e. The molecule has 0 aliphatic heterocycles. The molecular weight excluding hydrogens is 244 g/mol. The third-order valence-corrected chi connectivity index (χ3v) is 3.76. The number of carbonyl (C=O) groups is 2. The van der Waals surface area contributed by atoms with Crippen molar-refractivity contribution in [1.29, 1.82) is 0 Å². The molecule has 1 aliphatic rings. The van der Waals surface area contributed by atoms with Crippen molar-refractivity contribution in [3.05, 3.63) is 0 Å². The van der Waals surface area contributed by atoms with Gasteiger partial charge in [-0.15, -0.1) is 0 Å². The maximum atomic E-state index is 11.8. The molecule has 1 atom stereocenters. The number of aliphatic carboxylic acids is 1. The minimum Gasteiger partial charge on any atom is -0.481 e. The maximum absolute atomic E-state index is 11.8. The van der Waals surface area contributed by atoms with Gasteiger partial charge in [-0.05, 0) is 51.4 Å². The van der Waals surface area contributed by atoms with E-state index in [1.54, 1.807) is 0 Å². The average molecular weight is 270 g/mol. The molecule has 5 heteroatoms. The van der Waals surface area contributed by atoms with Crippen molar-refractivity contribution >= 4 is 12.0 Å². The summed E-state index contributed by atoms with van der Waals surface area (Å²) in [4.78, 5) is 22.2. The topological polar surface area (TPSA) is 78.4 Å². The summed E-state index contributed by atoms with van der Waals surface area (Å²) in [7, 11) is 0. The average Bonchev–Trinajstić information content (AvgIpc) is 2.31. The van der Waals surface area contributed by atoms with Gasteiger partial charge in [0.2, 0.25) is 0 Å². The van der Waals surface area contributed by atoms with E-state index in [1.807, 2.05) is 6.92 Å². The van der Waals surface area contributed by atoms with Crippen LogP contribution in [0.4, 0.5) is 4.79 Å². The van der Waals surface area contributed by atoms with Crippen LogP contribution in [0.25, 0.3) is 0 Å². The van der Waals surface area contributed by atoms with Crippen molar-refractivity contribution in [2.75, 3.05) is 0 Å². The lowest BCUT2D eigenvalue weighted by molar-refractivity contribution is -0.137. The van der Waals surface area contributed by atoms with E-state index in [2.05, 4.69) is 17.6 Å². The first-order valence-electron chi connectivity index (χ1n) is 7.26. The lowest BCUT2D eigenvalue weighted by Crippen LogP contribution is -2.46. The second-order valence-electron chi connectivity index (χ2n) is 5.76. The van der Waals surface area contributed by atoms with Crippen molar-refractivity contribution < 1.29 is 14.7 Å². The fourth-order valence-electron chi connectivity index (χ4n) is 2.49. The van der Waals surface area contributed by atoms with E-state index >= 15 is 0 Å². The van der Waals surface area contributed by atoms with Crippen LogP contribution in [0.2, 0.25) is 0 Å². The Bertz CT molecular complexity index is 299. The number of hydrogen-bond donors (Lipinski definition) is 3. The van der Waals surface area contributed by atoms with E-state index in [4.69, 9.17) is 5.11 Å². The zero-order chi connectivity index (χ0) is 14.3. The normalized spacial score (nSPS) is 24.5. The van der Waals surface area contributed by atoms with Gasteiger partial charge in [-0.25, -0.2) is 4.79 Å². The lowest BCUT2D eigenvalue weighted by Gasteiger charge is -2.27. The second kappa shape index (κ2) is 8.02. The van der Waals surface area contributed by atoms with E-state index in [1.165, 1.54) is 12.8 Å². The van der Waals surface area contributed by atoms with Gasteiger partial charge in [0.05, 0.1) is 0 Å². The molecule has 5 nitrogen and oxygen atoms in total. The number of rotatable bonds is 6. The molecule has 1 unspecified atom stereocenters. The number of carboxylic acid groups (broad SMARTS) is 1. The molecule has 1 saturated carbocycles. The Morgan fingerprint density at radius 2 is 1.89 bits per heavy atom. The van der Waals surface area contributed by atoms with Gasteiger partial charge in [0.25, 0.3) is 0 Å². The van der Waals surface area contributed by atoms with Crippen LogP contribution in [0, 0.1) is 5.92 Å². The summed E-state index contributed by atoms with van der Waals surface area (Å²) < 4.78 is 0. The van der Waals surface area contributed by atoms with Crippen LogP contribution in [-0.2, 0) is 4.79 Å². The van der Waals surface area contributed by atoms with E-state index in [9.17, 15) is 9.59 Å². The molecule has 1 fully saturated rings.